The predicted molar refractivity (Wildman–Crippen MR) is 122 cm³/mol. The summed E-state index contributed by atoms with van der Waals surface area (Å²) >= 11 is 0.862. The minimum absolute atomic E-state index is 0.0479. The van der Waals surface area contributed by atoms with E-state index >= 15 is 0 Å². The van der Waals surface area contributed by atoms with Crippen LogP contribution in [0, 0.1) is 0 Å². The van der Waals surface area contributed by atoms with Crippen LogP contribution in [0.25, 0.3) is 0 Å². The van der Waals surface area contributed by atoms with Crippen LogP contribution < -0.4 is 19.9 Å². The van der Waals surface area contributed by atoms with Gasteiger partial charge in [-0.15, -0.1) is 0 Å². The van der Waals surface area contributed by atoms with E-state index in [0.29, 0.717) is 45.6 Å². The van der Waals surface area contributed by atoms with Crippen LogP contribution in [-0.2, 0) is 20.9 Å². The van der Waals surface area contributed by atoms with E-state index in [1.54, 1.807) is 0 Å². The Labute approximate surface area is 199 Å². The summed E-state index contributed by atoms with van der Waals surface area (Å²) in [5.74, 6) is -0.415. The standard InChI is InChI=1S/C21H26F3N3O5S2/c1-27-7-4-15(12-27)31-18-10-13(2-3-16(18)21(22,23)24)26-34(28,29)19-11-17(25)20(33-19)32-14-5-8-30-9-6-14/h2-3,10-11,14-15,26H,4-9,12,25H2,1H3/t15-/m1/s1. The van der Waals surface area contributed by atoms with Crippen LogP contribution in [0.15, 0.2) is 28.5 Å². The molecule has 0 amide bonds. The van der Waals surface area contributed by atoms with Crippen molar-refractivity contribution >= 4 is 32.7 Å². The lowest BCUT2D eigenvalue weighted by Crippen LogP contribution is -2.25. The highest BCUT2D eigenvalue weighted by atomic mass is 32.2. The number of sulfonamides is 1. The van der Waals surface area contributed by atoms with Crippen LogP contribution >= 0.6 is 11.3 Å². The summed E-state index contributed by atoms with van der Waals surface area (Å²) in [6.45, 7) is 2.30. The van der Waals surface area contributed by atoms with Gasteiger partial charge in [0.1, 0.15) is 22.2 Å². The molecule has 1 aromatic heterocycles. The second-order valence-electron chi connectivity index (χ2n) is 8.34. The smallest absolute Gasteiger partial charge is 0.419 e. The number of anilines is 2. The Morgan fingerprint density at radius 3 is 2.53 bits per heavy atom. The molecule has 2 saturated heterocycles. The van der Waals surface area contributed by atoms with Crippen LogP contribution in [0.4, 0.5) is 24.5 Å². The normalized spacial score (nSPS) is 20.4. The Balaban J connectivity index is 1.54. The zero-order valence-electron chi connectivity index (χ0n) is 18.4. The summed E-state index contributed by atoms with van der Waals surface area (Å²) in [6, 6.07) is 4.21. The predicted octanol–water partition coefficient (Wildman–Crippen LogP) is 3.79. The van der Waals surface area contributed by atoms with Crippen molar-refractivity contribution in [2.45, 2.75) is 41.9 Å². The topological polar surface area (TPSA) is 103 Å². The third-order valence-electron chi connectivity index (χ3n) is 5.59. The zero-order valence-corrected chi connectivity index (χ0v) is 20.1. The summed E-state index contributed by atoms with van der Waals surface area (Å²) < 4.78 is 85.4. The summed E-state index contributed by atoms with van der Waals surface area (Å²) in [4.78, 5) is 1.95. The maximum Gasteiger partial charge on any atom is 0.419 e. The van der Waals surface area contributed by atoms with Gasteiger partial charge in [-0.05, 0) is 31.7 Å². The number of nitrogens with zero attached hydrogens (tertiary/aromatic N) is 1. The molecule has 0 bridgehead atoms. The SMILES string of the molecule is CN1CC[C@@H](Oc2cc(NS(=O)(=O)c3cc(N)c(OC4CCOCC4)s3)ccc2C(F)(F)F)C1. The van der Waals surface area contributed by atoms with Crippen molar-refractivity contribution in [3.63, 3.8) is 0 Å². The van der Waals surface area contributed by atoms with Gasteiger partial charge in [-0.3, -0.25) is 4.72 Å². The van der Waals surface area contributed by atoms with Crippen molar-refractivity contribution in [1.82, 2.24) is 4.90 Å². The second kappa shape index (κ2) is 9.80. The first-order chi connectivity index (χ1) is 16.0. The molecule has 2 aliphatic rings. The van der Waals surface area contributed by atoms with Crippen molar-refractivity contribution in [3.8, 4) is 10.8 Å². The molecule has 13 heteroatoms. The maximum atomic E-state index is 13.5. The number of likely N-dealkylation sites (tertiary alicyclic amines) is 1. The monoisotopic (exact) mass is 521 g/mol. The minimum atomic E-state index is -4.64. The maximum absolute atomic E-state index is 13.5. The highest BCUT2D eigenvalue weighted by molar-refractivity contribution is 7.94. The molecule has 0 aliphatic carbocycles. The fourth-order valence-corrected chi connectivity index (χ4v) is 6.17. The molecule has 0 unspecified atom stereocenters. The fraction of sp³-hybridized carbons (Fsp3) is 0.524. The number of thiophene rings is 1. The molecule has 0 radical (unpaired) electrons. The number of nitrogens with two attached hydrogens (primary N) is 1. The van der Waals surface area contributed by atoms with Gasteiger partial charge in [0, 0.05) is 32.0 Å². The number of likely N-dealkylation sites (N-methyl/N-ethyl adjacent to an activating group) is 1. The van der Waals surface area contributed by atoms with E-state index in [0.717, 1.165) is 29.5 Å². The molecule has 0 spiro atoms. The summed E-state index contributed by atoms with van der Waals surface area (Å²) in [5.41, 5.74) is 5.13. The number of halogens is 3. The molecule has 2 aliphatic heterocycles. The first kappa shape index (κ1) is 24.9. The number of hydrogen-bond acceptors (Lipinski definition) is 8. The first-order valence-corrected chi connectivity index (χ1v) is 13.0. The number of alkyl halides is 3. The summed E-state index contributed by atoms with van der Waals surface area (Å²) in [5, 5.41) is 0.286. The number of nitrogens with one attached hydrogen (secondary N) is 1. The molecule has 3 N–H and O–H groups in total. The molecular formula is C21H26F3N3O5S2. The number of nitrogen functional groups attached to an aromatic ring is 1. The Hall–Kier alpha value is -2.22. The summed E-state index contributed by atoms with van der Waals surface area (Å²) in [6.07, 6.45) is -3.27. The van der Waals surface area contributed by atoms with Crippen LogP contribution in [0.3, 0.4) is 0 Å². The van der Waals surface area contributed by atoms with Crippen molar-refractivity contribution in [3.05, 3.63) is 29.8 Å². The Kier molecular flexibility index (Phi) is 7.17. The van der Waals surface area contributed by atoms with Gasteiger partial charge in [-0.2, -0.15) is 13.2 Å². The molecule has 1 aromatic carbocycles. The van der Waals surface area contributed by atoms with E-state index in [-0.39, 0.29) is 26.8 Å². The number of benzene rings is 1. The minimum Gasteiger partial charge on any atom is -0.488 e. The molecule has 1 atom stereocenters. The quantitative estimate of drug-likeness (QED) is 0.572. The lowest BCUT2D eigenvalue weighted by molar-refractivity contribution is -0.139. The van der Waals surface area contributed by atoms with Crippen LogP contribution in [0.5, 0.6) is 10.8 Å². The lowest BCUT2D eigenvalue weighted by Gasteiger charge is -2.22. The fourth-order valence-electron chi connectivity index (χ4n) is 3.83. The Bertz CT molecular complexity index is 1120. The van der Waals surface area contributed by atoms with E-state index in [9.17, 15) is 21.6 Å². The molecule has 0 saturated carbocycles. The van der Waals surface area contributed by atoms with Crippen LogP contribution in [-0.4, -0.2) is 58.9 Å². The third-order valence-corrected chi connectivity index (χ3v) is 8.49. The van der Waals surface area contributed by atoms with Gasteiger partial charge in [-0.1, -0.05) is 11.3 Å². The van der Waals surface area contributed by atoms with Gasteiger partial charge in [-0.25, -0.2) is 8.42 Å². The lowest BCUT2D eigenvalue weighted by atomic mass is 10.1. The first-order valence-electron chi connectivity index (χ1n) is 10.7. The van der Waals surface area contributed by atoms with Crippen molar-refractivity contribution in [2.24, 2.45) is 0 Å². The van der Waals surface area contributed by atoms with Gasteiger partial charge in [0.05, 0.1) is 30.2 Å². The van der Waals surface area contributed by atoms with Gasteiger partial charge >= 0.3 is 6.18 Å². The molecule has 4 rings (SSSR count). The zero-order chi connectivity index (χ0) is 24.5. The van der Waals surface area contributed by atoms with Crippen molar-refractivity contribution in [1.29, 1.82) is 0 Å². The van der Waals surface area contributed by atoms with E-state index in [1.165, 1.54) is 6.07 Å². The van der Waals surface area contributed by atoms with Gasteiger partial charge in [0.2, 0.25) is 0 Å². The van der Waals surface area contributed by atoms with Crippen molar-refractivity contribution < 1.29 is 35.8 Å². The van der Waals surface area contributed by atoms with E-state index in [1.807, 2.05) is 11.9 Å². The third kappa shape index (κ3) is 5.88. The number of ether oxygens (including phenoxy) is 3. The molecule has 188 valence electrons. The highest BCUT2D eigenvalue weighted by Crippen LogP contribution is 2.40. The van der Waals surface area contributed by atoms with Gasteiger partial charge < -0.3 is 24.8 Å². The van der Waals surface area contributed by atoms with Gasteiger partial charge in [0.15, 0.2) is 5.06 Å². The van der Waals surface area contributed by atoms with E-state index in [4.69, 9.17) is 19.9 Å². The highest BCUT2D eigenvalue weighted by Gasteiger charge is 2.36. The molecule has 2 fully saturated rings. The Morgan fingerprint density at radius 2 is 1.88 bits per heavy atom. The molecular weight excluding hydrogens is 495 g/mol. The second-order valence-corrected chi connectivity index (χ2v) is 11.3. The summed E-state index contributed by atoms with van der Waals surface area (Å²) in [7, 11) is -2.27. The van der Waals surface area contributed by atoms with Crippen molar-refractivity contribution in [2.75, 3.05) is 43.8 Å². The van der Waals surface area contributed by atoms with E-state index in [2.05, 4.69) is 4.72 Å². The van der Waals surface area contributed by atoms with Gasteiger partial charge in [0.25, 0.3) is 10.0 Å². The largest absolute Gasteiger partial charge is 0.488 e. The number of hydrogen-bond donors (Lipinski definition) is 2. The molecule has 2 aromatic rings. The van der Waals surface area contributed by atoms with Crippen LogP contribution in [0.2, 0.25) is 0 Å². The number of rotatable bonds is 7. The molecule has 8 nitrogen and oxygen atoms in total. The molecule has 34 heavy (non-hydrogen) atoms. The van der Waals surface area contributed by atoms with Crippen LogP contribution in [0.1, 0.15) is 24.8 Å². The van der Waals surface area contributed by atoms with E-state index < -0.39 is 33.6 Å². The average molecular weight is 522 g/mol. The Morgan fingerprint density at radius 1 is 1.15 bits per heavy atom. The average Bonchev–Trinajstić information content (AvgIpc) is 3.33. The molecule has 3 heterocycles.